The predicted molar refractivity (Wildman–Crippen MR) is 65.0 cm³/mol. The summed E-state index contributed by atoms with van der Waals surface area (Å²) in [5.41, 5.74) is 0.486. The molecule has 0 saturated carbocycles. The Morgan fingerprint density at radius 1 is 1.26 bits per heavy atom. The number of carbonyl (C=O) groups is 2. The van der Waals surface area contributed by atoms with Crippen molar-refractivity contribution in [1.29, 1.82) is 0 Å². The van der Waals surface area contributed by atoms with Crippen LogP contribution >= 0.6 is 0 Å². The fourth-order valence-electron chi connectivity index (χ4n) is 1.27. The summed E-state index contributed by atoms with van der Waals surface area (Å²) in [4.78, 5) is 21.3. The standard InChI is InChI=1S/C11H13NO6S/c1-18-11(15)7-12-19(16,17)9-4-2-8(3-5-9)6-10(13)14/h2-5,12H,6-7H2,1H3,(H,13,14). The summed E-state index contributed by atoms with van der Waals surface area (Å²) >= 11 is 0. The van der Waals surface area contributed by atoms with Crippen molar-refractivity contribution < 1.29 is 27.9 Å². The van der Waals surface area contributed by atoms with Gasteiger partial charge in [-0.1, -0.05) is 12.1 Å². The van der Waals surface area contributed by atoms with Gasteiger partial charge in [-0.3, -0.25) is 9.59 Å². The van der Waals surface area contributed by atoms with E-state index in [0.717, 1.165) is 7.11 Å². The molecule has 0 spiro atoms. The van der Waals surface area contributed by atoms with Crippen molar-refractivity contribution in [2.75, 3.05) is 13.7 Å². The summed E-state index contributed by atoms with van der Waals surface area (Å²) in [5.74, 6) is -1.70. The molecule has 0 aliphatic heterocycles. The molecular formula is C11H13NO6S. The number of carbonyl (C=O) groups excluding carboxylic acids is 1. The molecule has 1 aromatic carbocycles. The lowest BCUT2D eigenvalue weighted by molar-refractivity contribution is -0.139. The third-order valence-corrected chi connectivity index (χ3v) is 3.64. The van der Waals surface area contributed by atoms with Gasteiger partial charge in [0.1, 0.15) is 6.54 Å². The monoisotopic (exact) mass is 287 g/mol. The second kappa shape index (κ2) is 6.30. The zero-order chi connectivity index (χ0) is 14.5. The molecule has 0 fully saturated rings. The molecule has 2 N–H and O–H groups in total. The minimum Gasteiger partial charge on any atom is -0.481 e. The average molecular weight is 287 g/mol. The Balaban J connectivity index is 2.79. The number of carboxylic acid groups (broad SMARTS) is 1. The molecular weight excluding hydrogens is 274 g/mol. The first-order chi connectivity index (χ1) is 8.85. The zero-order valence-electron chi connectivity index (χ0n) is 10.1. The number of nitrogens with one attached hydrogen (secondary N) is 1. The number of hydrogen-bond donors (Lipinski definition) is 2. The lowest BCUT2D eigenvalue weighted by Gasteiger charge is -2.06. The Bertz CT molecular complexity index is 563. The van der Waals surface area contributed by atoms with Gasteiger partial charge in [0.05, 0.1) is 18.4 Å². The second-order valence-electron chi connectivity index (χ2n) is 3.62. The fraction of sp³-hybridized carbons (Fsp3) is 0.273. The molecule has 0 atom stereocenters. The molecule has 0 heterocycles. The van der Waals surface area contributed by atoms with E-state index in [4.69, 9.17) is 5.11 Å². The Kier molecular flexibility index (Phi) is 5.02. The first-order valence-corrected chi connectivity index (χ1v) is 6.70. The van der Waals surface area contributed by atoms with Crippen LogP contribution in [0.3, 0.4) is 0 Å². The van der Waals surface area contributed by atoms with E-state index < -0.39 is 28.5 Å². The minimum absolute atomic E-state index is 0.0504. The van der Waals surface area contributed by atoms with Gasteiger partial charge in [-0.05, 0) is 17.7 Å². The highest BCUT2D eigenvalue weighted by Crippen LogP contribution is 2.10. The molecule has 7 nitrogen and oxygen atoms in total. The largest absolute Gasteiger partial charge is 0.481 e. The van der Waals surface area contributed by atoms with Gasteiger partial charge >= 0.3 is 11.9 Å². The summed E-state index contributed by atoms with van der Waals surface area (Å²) in [6.45, 7) is -0.463. The number of hydrogen-bond acceptors (Lipinski definition) is 5. The van der Waals surface area contributed by atoms with Crippen LogP contribution in [-0.4, -0.2) is 39.1 Å². The molecule has 0 aromatic heterocycles. The fourth-order valence-corrected chi connectivity index (χ4v) is 2.24. The van der Waals surface area contributed by atoms with E-state index in [1.54, 1.807) is 0 Å². The van der Waals surface area contributed by atoms with Crippen LogP contribution in [0.4, 0.5) is 0 Å². The molecule has 0 radical (unpaired) electrons. The van der Waals surface area contributed by atoms with E-state index in [1.165, 1.54) is 24.3 Å². The number of benzene rings is 1. The molecule has 0 amide bonds. The van der Waals surface area contributed by atoms with Crippen LogP contribution in [0.1, 0.15) is 5.56 Å². The van der Waals surface area contributed by atoms with Crippen LogP contribution in [0.5, 0.6) is 0 Å². The second-order valence-corrected chi connectivity index (χ2v) is 5.38. The normalized spacial score (nSPS) is 11.0. The molecule has 8 heteroatoms. The quantitative estimate of drug-likeness (QED) is 0.699. The van der Waals surface area contributed by atoms with E-state index >= 15 is 0 Å². The smallest absolute Gasteiger partial charge is 0.320 e. The van der Waals surface area contributed by atoms with Crippen molar-refractivity contribution in [3.63, 3.8) is 0 Å². The lowest BCUT2D eigenvalue weighted by Crippen LogP contribution is -2.30. The molecule has 1 aromatic rings. The molecule has 0 bridgehead atoms. The van der Waals surface area contributed by atoms with E-state index in [-0.39, 0.29) is 11.3 Å². The Morgan fingerprint density at radius 2 is 1.84 bits per heavy atom. The Morgan fingerprint density at radius 3 is 2.32 bits per heavy atom. The number of ether oxygens (including phenoxy) is 1. The van der Waals surface area contributed by atoms with Crippen LogP contribution in [0.25, 0.3) is 0 Å². The summed E-state index contributed by atoms with van der Waals surface area (Å²) in [6.07, 6.45) is -0.185. The third kappa shape index (κ3) is 4.68. The molecule has 0 aliphatic rings. The maximum absolute atomic E-state index is 11.8. The minimum atomic E-state index is -3.81. The van der Waals surface area contributed by atoms with Crippen molar-refractivity contribution in [3.05, 3.63) is 29.8 Å². The molecule has 1 rings (SSSR count). The number of carboxylic acids is 1. The van der Waals surface area contributed by atoms with Crippen LogP contribution in [0, 0.1) is 0 Å². The summed E-state index contributed by atoms with van der Waals surface area (Å²) in [6, 6.07) is 5.36. The predicted octanol–water partition coefficient (Wildman–Crippen LogP) is -0.235. The molecule has 0 unspecified atom stereocenters. The highest BCUT2D eigenvalue weighted by Gasteiger charge is 2.15. The summed E-state index contributed by atoms with van der Waals surface area (Å²) < 4.78 is 29.9. The molecule has 19 heavy (non-hydrogen) atoms. The van der Waals surface area contributed by atoms with Crippen LogP contribution < -0.4 is 4.72 Å². The van der Waals surface area contributed by atoms with Gasteiger partial charge < -0.3 is 9.84 Å². The SMILES string of the molecule is COC(=O)CNS(=O)(=O)c1ccc(CC(=O)O)cc1. The van der Waals surface area contributed by atoms with Crippen LogP contribution in [0.2, 0.25) is 0 Å². The van der Waals surface area contributed by atoms with Crippen LogP contribution in [-0.2, 0) is 30.8 Å². The number of rotatable bonds is 6. The summed E-state index contributed by atoms with van der Waals surface area (Å²) in [7, 11) is -2.66. The molecule has 0 saturated heterocycles. The average Bonchev–Trinajstić information content (AvgIpc) is 2.36. The van der Waals surface area contributed by atoms with Crippen molar-refractivity contribution in [2.24, 2.45) is 0 Å². The van der Waals surface area contributed by atoms with E-state index in [1.807, 2.05) is 0 Å². The van der Waals surface area contributed by atoms with Gasteiger partial charge in [0.2, 0.25) is 10.0 Å². The molecule has 104 valence electrons. The van der Waals surface area contributed by atoms with Gasteiger partial charge in [-0.2, -0.15) is 4.72 Å². The highest BCUT2D eigenvalue weighted by molar-refractivity contribution is 7.89. The zero-order valence-corrected chi connectivity index (χ0v) is 10.9. The van der Waals surface area contributed by atoms with Gasteiger partial charge in [0.15, 0.2) is 0 Å². The number of esters is 1. The maximum Gasteiger partial charge on any atom is 0.320 e. The van der Waals surface area contributed by atoms with E-state index in [9.17, 15) is 18.0 Å². The van der Waals surface area contributed by atoms with Crippen molar-refractivity contribution in [3.8, 4) is 0 Å². The number of methoxy groups -OCH3 is 1. The highest BCUT2D eigenvalue weighted by atomic mass is 32.2. The summed E-state index contributed by atoms with van der Waals surface area (Å²) in [5, 5.41) is 8.59. The third-order valence-electron chi connectivity index (χ3n) is 2.22. The van der Waals surface area contributed by atoms with E-state index in [2.05, 4.69) is 9.46 Å². The number of sulfonamides is 1. The van der Waals surface area contributed by atoms with Gasteiger partial charge in [0, 0.05) is 0 Å². The van der Waals surface area contributed by atoms with Crippen molar-refractivity contribution in [1.82, 2.24) is 4.72 Å². The Labute approximate surface area is 110 Å². The first-order valence-electron chi connectivity index (χ1n) is 5.22. The van der Waals surface area contributed by atoms with E-state index in [0.29, 0.717) is 5.56 Å². The molecule has 0 aliphatic carbocycles. The van der Waals surface area contributed by atoms with Gasteiger partial charge in [-0.15, -0.1) is 0 Å². The van der Waals surface area contributed by atoms with Gasteiger partial charge in [0.25, 0.3) is 0 Å². The maximum atomic E-state index is 11.8. The lowest BCUT2D eigenvalue weighted by atomic mass is 10.2. The Hall–Kier alpha value is -1.93. The number of aliphatic carboxylic acids is 1. The topological polar surface area (TPSA) is 110 Å². The van der Waals surface area contributed by atoms with Crippen LogP contribution in [0.15, 0.2) is 29.2 Å². The van der Waals surface area contributed by atoms with Crippen molar-refractivity contribution >= 4 is 22.0 Å². The van der Waals surface area contributed by atoms with Crippen molar-refractivity contribution in [2.45, 2.75) is 11.3 Å². The first kappa shape index (κ1) is 15.1. The van der Waals surface area contributed by atoms with Gasteiger partial charge in [-0.25, -0.2) is 8.42 Å².